The number of rotatable bonds is 8. The highest BCUT2D eigenvalue weighted by molar-refractivity contribution is 6.31. The number of ether oxygens (including phenoxy) is 1. The Hall–Kier alpha value is -1.26. The summed E-state index contributed by atoms with van der Waals surface area (Å²) in [5.41, 5.74) is 0.969. The van der Waals surface area contributed by atoms with E-state index in [1.165, 1.54) is 0 Å². The van der Waals surface area contributed by atoms with Crippen molar-refractivity contribution in [1.29, 1.82) is 0 Å². The van der Waals surface area contributed by atoms with E-state index in [9.17, 15) is 4.79 Å². The molecule has 0 aromatic heterocycles. The lowest BCUT2D eigenvalue weighted by molar-refractivity contribution is -0.00814. The van der Waals surface area contributed by atoms with Gasteiger partial charge in [0.2, 0.25) is 0 Å². The van der Waals surface area contributed by atoms with Gasteiger partial charge >= 0.3 is 0 Å². The summed E-state index contributed by atoms with van der Waals surface area (Å²) >= 11 is 6.00. The second kappa shape index (κ2) is 8.25. The van der Waals surface area contributed by atoms with Crippen molar-refractivity contribution in [3.8, 4) is 0 Å². The molecule has 0 aliphatic heterocycles. The van der Waals surface area contributed by atoms with Crippen molar-refractivity contribution in [1.82, 2.24) is 5.32 Å². The fourth-order valence-corrected chi connectivity index (χ4v) is 2.12. The van der Waals surface area contributed by atoms with Crippen LogP contribution < -0.4 is 10.6 Å². The predicted molar refractivity (Wildman–Crippen MR) is 88.3 cm³/mol. The van der Waals surface area contributed by atoms with Gasteiger partial charge in [0.25, 0.3) is 5.91 Å². The fraction of sp³-hybridized carbons (Fsp3) is 0.562. The molecule has 0 bridgehead atoms. The van der Waals surface area contributed by atoms with Crippen LogP contribution in [0.4, 0.5) is 5.69 Å². The van der Waals surface area contributed by atoms with E-state index in [1.807, 2.05) is 26.8 Å². The van der Waals surface area contributed by atoms with Gasteiger partial charge in [-0.2, -0.15) is 0 Å². The third kappa shape index (κ3) is 5.94. The zero-order valence-corrected chi connectivity index (χ0v) is 14.0. The van der Waals surface area contributed by atoms with Crippen LogP contribution in [0.15, 0.2) is 18.2 Å². The summed E-state index contributed by atoms with van der Waals surface area (Å²) in [5, 5.41) is 6.70. The van der Waals surface area contributed by atoms with Gasteiger partial charge in [-0.15, -0.1) is 0 Å². The number of hydrogen-bond donors (Lipinski definition) is 2. The van der Waals surface area contributed by atoms with Crippen molar-refractivity contribution < 1.29 is 9.53 Å². The Kier molecular flexibility index (Phi) is 6.99. The van der Waals surface area contributed by atoms with Gasteiger partial charge in [-0.05, 0) is 45.4 Å². The summed E-state index contributed by atoms with van der Waals surface area (Å²) in [7, 11) is 0. The minimum Gasteiger partial charge on any atom is -0.384 e. The molecule has 0 spiro atoms. The first-order chi connectivity index (χ1) is 9.89. The number of nitrogens with one attached hydrogen (secondary N) is 2. The number of hydrogen-bond acceptors (Lipinski definition) is 3. The predicted octanol–water partition coefficient (Wildman–Crippen LogP) is 3.71. The van der Waals surface area contributed by atoms with E-state index < -0.39 is 0 Å². The minimum absolute atomic E-state index is 0.149. The molecule has 2 N–H and O–H groups in total. The third-order valence-corrected chi connectivity index (χ3v) is 3.24. The highest BCUT2D eigenvalue weighted by atomic mass is 35.5. The smallest absolute Gasteiger partial charge is 0.253 e. The number of halogens is 1. The van der Waals surface area contributed by atoms with Crippen molar-refractivity contribution in [3.63, 3.8) is 0 Å². The molecule has 0 saturated heterocycles. The maximum Gasteiger partial charge on any atom is 0.253 e. The standard InChI is InChI=1S/C16H25ClN2O2/c1-5-9-18-14-8-7-12(17)10-13(14)15(20)19-11-16(3,4)21-6-2/h7-8,10,18H,5-6,9,11H2,1-4H3,(H,19,20). The molecular formula is C16H25ClN2O2. The maximum absolute atomic E-state index is 12.4. The molecule has 5 heteroatoms. The average molecular weight is 313 g/mol. The first-order valence-corrected chi connectivity index (χ1v) is 7.73. The van der Waals surface area contributed by atoms with Crippen LogP contribution >= 0.6 is 11.6 Å². The largest absolute Gasteiger partial charge is 0.384 e. The van der Waals surface area contributed by atoms with Gasteiger partial charge in [-0.1, -0.05) is 18.5 Å². The van der Waals surface area contributed by atoms with Crippen molar-refractivity contribution in [2.45, 2.75) is 39.7 Å². The molecule has 0 fully saturated rings. The molecule has 1 rings (SSSR count). The number of anilines is 1. The second-order valence-electron chi connectivity index (χ2n) is 5.49. The van der Waals surface area contributed by atoms with E-state index in [0.29, 0.717) is 23.7 Å². The van der Waals surface area contributed by atoms with Gasteiger partial charge in [0.15, 0.2) is 0 Å². The molecule has 1 aromatic rings. The number of benzene rings is 1. The zero-order valence-electron chi connectivity index (χ0n) is 13.3. The molecule has 21 heavy (non-hydrogen) atoms. The molecule has 1 aromatic carbocycles. The van der Waals surface area contributed by atoms with Crippen LogP contribution in [0.25, 0.3) is 0 Å². The Morgan fingerprint density at radius 3 is 2.67 bits per heavy atom. The van der Waals surface area contributed by atoms with Gasteiger partial charge in [0, 0.05) is 30.4 Å². The van der Waals surface area contributed by atoms with Gasteiger partial charge < -0.3 is 15.4 Å². The zero-order chi connectivity index (χ0) is 15.9. The molecule has 0 atom stereocenters. The van der Waals surface area contributed by atoms with Crippen molar-refractivity contribution in [2.75, 3.05) is 25.0 Å². The topological polar surface area (TPSA) is 50.4 Å². The molecule has 0 unspecified atom stereocenters. The van der Waals surface area contributed by atoms with E-state index in [-0.39, 0.29) is 11.5 Å². The van der Waals surface area contributed by atoms with Crippen LogP contribution in [-0.2, 0) is 4.74 Å². The Morgan fingerprint density at radius 1 is 1.33 bits per heavy atom. The molecule has 0 aliphatic carbocycles. The normalized spacial score (nSPS) is 11.3. The second-order valence-corrected chi connectivity index (χ2v) is 5.93. The van der Waals surface area contributed by atoms with E-state index in [1.54, 1.807) is 12.1 Å². The van der Waals surface area contributed by atoms with Crippen LogP contribution in [0.3, 0.4) is 0 Å². The molecule has 0 saturated carbocycles. The minimum atomic E-state index is -0.389. The first kappa shape index (κ1) is 17.8. The van der Waals surface area contributed by atoms with Crippen LogP contribution in [0.2, 0.25) is 5.02 Å². The Balaban J connectivity index is 2.78. The molecular weight excluding hydrogens is 288 g/mol. The van der Waals surface area contributed by atoms with Crippen molar-refractivity contribution in [3.05, 3.63) is 28.8 Å². The van der Waals surface area contributed by atoms with E-state index >= 15 is 0 Å². The lowest BCUT2D eigenvalue weighted by Crippen LogP contribution is -2.40. The molecule has 0 radical (unpaired) electrons. The number of amides is 1. The Bertz CT molecular complexity index is 475. The average Bonchev–Trinajstić information content (AvgIpc) is 2.43. The van der Waals surface area contributed by atoms with Gasteiger partial charge in [0.05, 0.1) is 11.2 Å². The van der Waals surface area contributed by atoms with Crippen LogP contribution in [0.1, 0.15) is 44.5 Å². The summed E-state index contributed by atoms with van der Waals surface area (Å²) < 4.78 is 5.58. The summed E-state index contributed by atoms with van der Waals surface area (Å²) in [6, 6.07) is 5.30. The van der Waals surface area contributed by atoms with Crippen molar-refractivity contribution in [2.24, 2.45) is 0 Å². The van der Waals surface area contributed by atoms with Gasteiger partial charge in [-0.3, -0.25) is 4.79 Å². The molecule has 0 aliphatic rings. The summed E-state index contributed by atoms with van der Waals surface area (Å²) in [6.07, 6.45) is 0.987. The lowest BCUT2D eigenvalue weighted by atomic mass is 10.1. The highest BCUT2D eigenvalue weighted by Crippen LogP contribution is 2.21. The van der Waals surface area contributed by atoms with E-state index in [2.05, 4.69) is 17.6 Å². The van der Waals surface area contributed by atoms with Crippen molar-refractivity contribution >= 4 is 23.2 Å². The summed E-state index contributed by atoms with van der Waals surface area (Å²) in [5.74, 6) is -0.149. The monoisotopic (exact) mass is 312 g/mol. The summed E-state index contributed by atoms with van der Waals surface area (Å²) in [4.78, 5) is 12.4. The lowest BCUT2D eigenvalue weighted by Gasteiger charge is -2.25. The van der Waals surface area contributed by atoms with E-state index in [0.717, 1.165) is 18.7 Å². The number of carbonyl (C=O) groups excluding carboxylic acids is 1. The fourth-order valence-electron chi connectivity index (χ4n) is 1.95. The number of carbonyl (C=O) groups is 1. The van der Waals surface area contributed by atoms with Crippen LogP contribution in [0, 0.1) is 0 Å². The third-order valence-electron chi connectivity index (χ3n) is 3.00. The SMILES string of the molecule is CCCNc1ccc(Cl)cc1C(=O)NCC(C)(C)OCC. The first-order valence-electron chi connectivity index (χ1n) is 7.35. The maximum atomic E-state index is 12.4. The quantitative estimate of drug-likeness (QED) is 0.769. The summed E-state index contributed by atoms with van der Waals surface area (Å²) in [6.45, 7) is 9.78. The van der Waals surface area contributed by atoms with Crippen LogP contribution in [-0.4, -0.2) is 31.2 Å². The van der Waals surface area contributed by atoms with Crippen LogP contribution in [0.5, 0.6) is 0 Å². The Morgan fingerprint density at radius 2 is 2.05 bits per heavy atom. The molecule has 1 amide bonds. The van der Waals surface area contributed by atoms with Gasteiger partial charge in [-0.25, -0.2) is 0 Å². The molecule has 118 valence electrons. The molecule has 0 heterocycles. The molecule has 4 nitrogen and oxygen atoms in total. The Labute approximate surface area is 132 Å². The van der Waals surface area contributed by atoms with Gasteiger partial charge in [0.1, 0.15) is 0 Å². The van der Waals surface area contributed by atoms with E-state index in [4.69, 9.17) is 16.3 Å². The highest BCUT2D eigenvalue weighted by Gasteiger charge is 2.20.